The van der Waals surface area contributed by atoms with E-state index in [0.29, 0.717) is 5.75 Å². The number of hydrogen-bond donors (Lipinski definition) is 0. The number of alkyl halides is 3. The van der Waals surface area contributed by atoms with E-state index in [-0.39, 0.29) is 24.5 Å². The van der Waals surface area contributed by atoms with Crippen LogP contribution in [-0.4, -0.2) is 45.7 Å². The fourth-order valence-corrected chi connectivity index (χ4v) is 6.44. The highest BCUT2D eigenvalue weighted by Gasteiger charge is 2.50. The summed E-state index contributed by atoms with van der Waals surface area (Å²) < 4.78 is 48.1. The number of halogens is 4. The Bertz CT molecular complexity index is 1330. The molecule has 2 atom stereocenters. The zero-order chi connectivity index (χ0) is 26.5. The molecule has 0 saturated carbocycles. The zero-order valence-electron chi connectivity index (χ0n) is 20.0. The summed E-state index contributed by atoms with van der Waals surface area (Å²) in [5, 5.41) is 3.29. The first-order valence-corrected chi connectivity index (χ1v) is 13.4. The number of thioether (sulfide) groups is 1. The maximum absolute atomic E-state index is 13.9. The zero-order valence-corrected chi connectivity index (χ0v) is 22.4. The van der Waals surface area contributed by atoms with E-state index in [9.17, 15) is 22.8 Å². The normalized spacial score (nSPS) is 20.7. The predicted molar refractivity (Wildman–Crippen MR) is 135 cm³/mol. The third kappa shape index (κ3) is 4.80. The summed E-state index contributed by atoms with van der Waals surface area (Å²) in [5.41, 5.74) is 2.79. The molecule has 3 aliphatic heterocycles. The van der Waals surface area contributed by atoms with Crippen molar-refractivity contribution in [1.82, 2.24) is 14.9 Å². The van der Waals surface area contributed by atoms with Gasteiger partial charge in [-0.3, -0.25) is 14.6 Å². The van der Waals surface area contributed by atoms with Crippen LogP contribution in [0.1, 0.15) is 43.0 Å². The number of carbonyl (C=O) groups is 2. The maximum Gasteiger partial charge on any atom is 0.408 e. The van der Waals surface area contributed by atoms with Gasteiger partial charge in [0.1, 0.15) is 11.8 Å². The Morgan fingerprint density at radius 2 is 1.95 bits per heavy atom. The molecule has 1 amide bonds. The molecular weight excluding hydrogens is 571 g/mol. The van der Waals surface area contributed by atoms with E-state index in [1.54, 1.807) is 34.1 Å². The van der Waals surface area contributed by atoms with E-state index in [2.05, 4.69) is 15.9 Å². The highest BCUT2D eigenvalue weighted by molar-refractivity contribution is 9.10. The summed E-state index contributed by atoms with van der Waals surface area (Å²) in [6.07, 6.45) is -1.14. The first-order valence-electron chi connectivity index (χ1n) is 11.6. The predicted octanol–water partition coefficient (Wildman–Crippen LogP) is 6.11. The fourth-order valence-electron chi connectivity index (χ4n) is 4.79. The summed E-state index contributed by atoms with van der Waals surface area (Å²) in [5.74, 6) is -0.780. The first kappa shape index (κ1) is 25.9. The van der Waals surface area contributed by atoms with Crippen molar-refractivity contribution in [3.8, 4) is 0 Å². The van der Waals surface area contributed by atoms with Crippen LogP contribution in [0.3, 0.4) is 0 Å². The third-order valence-corrected chi connectivity index (χ3v) is 8.20. The molecule has 2 aromatic carbocycles. The Morgan fingerprint density at radius 1 is 1.19 bits per heavy atom. The molecule has 0 spiro atoms. The molecule has 3 heterocycles. The second kappa shape index (κ2) is 9.85. The van der Waals surface area contributed by atoms with Crippen LogP contribution in [-0.2, 0) is 20.1 Å². The van der Waals surface area contributed by atoms with Crippen molar-refractivity contribution in [3.05, 3.63) is 87.4 Å². The second-order valence-corrected chi connectivity index (χ2v) is 10.9. The summed E-state index contributed by atoms with van der Waals surface area (Å²) >= 11 is 5.18. The number of carbonyl (C=O) groups excluding carboxylic acids is 2. The van der Waals surface area contributed by atoms with E-state index >= 15 is 0 Å². The second-order valence-electron chi connectivity index (χ2n) is 8.94. The lowest BCUT2D eigenvalue weighted by Gasteiger charge is -2.50. The van der Waals surface area contributed by atoms with E-state index in [4.69, 9.17) is 4.74 Å². The quantitative estimate of drug-likeness (QED) is 0.400. The van der Waals surface area contributed by atoms with Gasteiger partial charge in [0.15, 0.2) is 5.70 Å². The number of hydrogen-bond acceptors (Lipinski definition) is 6. The number of hydrazine groups is 1. The van der Waals surface area contributed by atoms with Gasteiger partial charge in [-0.1, -0.05) is 52.3 Å². The Kier molecular flexibility index (Phi) is 6.88. The Balaban J connectivity index is 1.72. The van der Waals surface area contributed by atoms with Crippen LogP contribution in [0.25, 0.3) is 0 Å². The number of nitrogens with zero attached hydrogens (tertiary/aromatic N) is 3. The minimum atomic E-state index is -4.64. The summed E-state index contributed by atoms with van der Waals surface area (Å²) in [6, 6.07) is 11.1. The Morgan fingerprint density at radius 3 is 2.68 bits per heavy atom. The van der Waals surface area contributed by atoms with Crippen LogP contribution in [0.2, 0.25) is 0 Å². The molecule has 6 nitrogen and oxygen atoms in total. The SMILES string of the molecule is CC(=O)OC1=C2C(=O)N([C@H](C)C(F)(F)F)CN([C@H]3c4ccccc4CSc4cc(Br)ccc43)N2C=CC1. The van der Waals surface area contributed by atoms with Gasteiger partial charge in [0, 0.05) is 34.7 Å². The van der Waals surface area contributed by atoms with Crippen LogP contribution in [0, 0.1) is 0 Å². The van der Waals surface area contributed by atoms with Gasteiger partial charge in [-0.15, -0.1) is 11.8 Å². The van der Waals surface area contributed by atoms with Gasteiger partial charge in [-0.05, 0) is 35.7 Å². The molecule has 5 rings (SSSR count). The van der Waals surface area contributed by atoms with Crippen LogP contribution in [0.4, 0.5) is 13.2 Å². The van der Waals surface area contributed by atoms with E-state index in [1.807, 2.05) is 42.5 Å². The lowest BCUT2D eigenvalue weighted by Crippen LogP contribution is -2.62. The molecule has 0 N–H and O–H groups in total. The Hall–Kier alpha value is -2.76. The number of fused-ring (bicyclic) bond motifs is 3. The maximum atomic E-state index is 13.9. The lowest BCUT2D eigenvalue weighted by atomic mass is 9.94. The summed E-state index contributed by atoms with van der Waals surface area (Å²) in [4.78, 5) is 27.1. The van der Waals surface area contributed by atoms with Crippen molar-refractivity contribution in [2.75, 3.05) is 6.67 Å². The standard InChI is InChI=1S/C26H23BrF3N3O3S/c1-15(26(28,29)30)31-14-33(32-11-5-8-21(36-16(2)34)24(32)25(31)35)23-19-7-4-3-6-17(19)13-37-22-12-18(27)9-10-20(22)23/h3-7,9-12,15,23H,8,13-14H2,1-2H3/t15-,23+/m1/s1. The van der Waals surface area contributed by atoms with Gasteiger partial charge < -0.3 is 9.64 Å². The minimum absolute atomic E-state index is 0.0244. The van der Waals surface area contributed by atoms with Gasteiger partial charge in [-0.2, -0.15) is 18.2 Å². The molecule has 0 unspecified atom stereocenters. The van der Waals surface area contributed by atoms with E-state index < -0.39 is 30.1 Å². The molecule has 1 saturated heterocycles. The molecule has 2 aromatic rings. The molecular formula is C26H23BrF3N3O3S. The van der Waals surface area contributed by atoms with Gasteiger partial charge in [0.25, 0.3) is 5.91 Å². The van der Waals surface area contributed by atoms with Crippen molar-refractivity contribution >= 4 is 39.6 Å². The van der Waals surface area contributed by atoms with Crippen molar-refractivity contribution in [2.24, 2.45) is 0 Å². The number of esters is 1. The van der Waals surface area contributed by atoms with Gasteiger partial charge in [0.05, 0.1) is 12.7 Å². The van der Waals surface area contributed by atoms with Crippen LogP contribution < -0.4 is 0 Å². The minimum Gasteiger partial charge on any atom is -0.428 e. The Labute approximate surface area is 224 Å². The average molecular weight is 594 g/mol. The highest BCUT2D eigenvalue weighted by atomic mass is 79.9. The molecule has 194 valence electrons. The number of ether oxygens (including phenoxy) is 1. The molecule has 0 aromatic heterocycles. The topological polar surface area (TPSA) is 53.1 Å². The molecule has 37 heavy (non-hydrogen) atoms. The molecule has 1 fully saturated rings. The van der Waals surface area contributed by atoms with Gasteiger partial charge in [0.2, 0.25) is 0 Å². The van der Waals surface area contributed by atoms with Crippen molar-refractivity contribution in [1.29, 1.82) is 0 Å². The lowest BCUT2D eigenvalue weighted by molar-refractivity contribution is -0.204. The molecule has 11 heteroatoms. The van der Waals surface area contributed by atoms with Crippen molar-refractivity contribution < 1.29 is 27.5 Å². The number of allylic oxidation sites excluding steroid dienone is 1. The molecule has 0 radical (unpaired) electrons. The number of rotatable bonds is 3. The van der Waals surface area contributed by atoms with Crippen LogP contribution in [0.15, 0.2) is 75.6 Å². The third-order valence-electron chi connectivity index (χ3n) is 6.59. The monoisotopic (exact) mass is 593 g/mol. The number of benzene rings is 2. The van der Waals surface area contributed by atoms with Gasteiger partial charge in [-0.25, -0.2) is 0 Å². The smallest absolute Gasteiger partial charge is 0.408 e. The van der Waals surface area contributed by atoms with Crippen molar-refractivity contribution in [2.45, 2.75) is 49.2 Å². The van der Waals surface area contributed by atoms with Gasteiger partial charge >= 0.3 is 12.1 Å². The molecule has 0 aliphatic carbocycles. The number of amides is 1. The van der Waals surface area contributed by atoms with E-state index in [0.717, 1.165) is 37.9 Å². The van der Waals surface area contributed by atoms with Crippen LogP contribution in [0.5, 0.6) is 0 Å². The summed E-state index contributed by atoms with van der Waals surface area (Å²) in [6.45, 7) is 1.85. The molecule has 0 bridgehead atoms. The highest BCUT2D eigenvalue weighted by Crippen LogP contribution is 2.46. The fraction of sp³-hybridized carbons (Fsp3) is 0.308. The largest absolute Gasteiger partial charge is 0.428 e. The molecule has 3 aliphatic rings. The van der Waals surface area contributed by atoms with Crippen molar-refractivity contribution in [3.63, 3.8) is 0 Å². The first-order chi connectivity index (χ1) is 17.6. The summed E-state index contributed by atoms with van der Waals surface area (Å²) in [7, 11) is 0. The van der Waals surface area contributed by atoms with Crippen LogP contribution >= 0.6 is 27.7 Å². The average Bonchev–Trinajstić information content (AvgIpc) is 3.00. The van der Waals surface area contributed by atoms with E-state index in [1.165, 1.54) is 6.92 Å².